The topological polar surface area (TPSA) is 72.7 Å². The molecule has 1 fully saturated rings. The number of aliphatic imine (C=N–C) groups is 1. The number of nitrogens with one attached hydrogen (secondary N) is 2. The largest absolute Gasteiger partial charge is 0.381 e. The lowest BCUT2D eigenvalue weighted by molar-refractivity contribution is 0.0203. The van der Waals surface area contributed by atoms with E-state index in [4.69, 9.17) is 14.5 Å². The molecule has 0 spiro atoms. The number of aromatic nitrogens is 2. The second-order valence-corrected chi connectivity index (χ2v) is 8.03. The minimum atomic E-state index is 0.645. The summed E-state index contributed by atoms with van der Waals surface area (Å²) in [6, 6.07) is 8.59. The molecule has 7 heteroatoms. The summed E-state index contributed by atoms with van der Waals surface area (Å²) in [5.74, 6) is 2.54. The smallest absolute Gasteiger partial charge is 0.191 e. The SMILES string of the molecule is CCNC(=NCc1cccc(Cn2ccnc2C)c1)NCCCOCC1CCOCC1. The molecule has 7 nitrogen and oxygen atoms in total. The summed E-state index contributed by atoms with van der Waals surface area (Å²) >= 11 is 0. The van der Waals surface area contributed by atoms with E-state index in [1.165, 1.54) is 11.1 Å². The highest BCUT2D eigenvalue weighted by molar-refractivity contribution is 5.79. The molecule has 0 amide bonds. The number of aryl methyl sites for hydroxylation is 1. The number of imidazole rings is 1. The molecular weight excluding hydrogens is 390 g/mol. The van der Waals surface area contributed by atoms with Crippen molar-refractivity contribution in [1.29, 1.82) is 0 Å². The minimum Gasteiger partial charge on any atom is -0.381 e. The normalized spacial score (nSPS) is 15.2. The van der Waals surface area contributed by atoms with Crippen LogP contribution in [0.25, 0.3) is 0 Å². The van der Waals surface area contributed by atoms with Gasteiger partial charge in [0.2, 0.25) is 0 Å². The Labute approximate surface area is 186 Å². The Morgan fingerprint density at radius 1 is 1.26 bits per heavy atom. The number of hydrogen-bond donors (Lipinski definition) is 2. The van der Waals surface area contributed by atoms with E-state index in [9.17, 15) is 0 Å². The monoisotopic (exact) mass is 427 g/mol. The van der Waals surface area contributed by atoms with Crippen LogP contribution in [0.4, 0.5) is 0 Å². The van der Waals surface area contributed by atoms with Gasteiger partial charge in [-0.2, -0.15) is 0 Å². The van der Waals surface area contributed by atoms with Gasteiger partial charge >= 0.3 is 0 Å². The maximum Gasteiger partial charge on any atom is 0.191 e. The van der Waals surface area contributed by atoms with Crippen LogP contribution in [0.3, 0.4) is 0 Å². The average molecular weight is 428 g/mol. The quantitative estimate of drug-likeness (QED) is 0.327. The van der Waals surface area contributed by atoms with Gasteiger partial charge in [0, 0.05) is 58.5 Å². The molecule has 3 rings (SSSR count). The Kier molecular flexibility index (Phi) is 9.86. The van der Waals surface area contributed by atoms with Crippen LogP contribution in [0.5, 0.6) is 0 Å². The summed E-state index contributed by atoms with van der Waals surface area (Å²) in [7, 11) is 0. The third-order valence-corrected chi connectivity index (χ3v) is 5.48. The van der Waals surface area contributed by atoms with Crippen LogP contribution in [-0.2, 0) is 22.6 Å². The Morgan fingerprint density at radius 2 is 2.10 bits per heavy atom. The highest BCUT2D eigenvalue weighted by Crippen LogP contribution is 2.14. The molecule has 1 aliphatic rings. The fourth-order valence-corrected chi connectivity index (χ4v) is 3.65. The van der Waals surface area contributed by atoms with E-state index in [0.29, 0.717) is 12.5 Å². The predicted molar refractivity (Wildman–Crippen MR) is 124 cm³/mol. The van der Waals surface area contributed by atoms with Crippen LogP contribution in [-0.4, -0.2) is 55.0 Å². The Balaban J connectivity index is 1.40. The van der Waals surface area contributed by atoms with Gasteiger partial charge in [-0.1, -0.05) is 24.3 Å². The van der Waals surface area contributed by atoms with Crippen molar-refractivity contribution in [1.82, 2.24) is 20.2 Å². The fraction of sp³-hybridized carbons (Fsp3) is 0.583. The van der Waals surface area contributed by atoms with Gasteiger partial charge in [-0.05, 0) is 50.2 Å². The third-order valence-electron chi connectivity index (χ3n) is 5.48. The highest BCUT2D eigenvalue weighted by atomic mass is 16.5. The molecule has 31 heavy (non-hydrogen) atoms. The lowest BCUT2D eigenvalue weighted by Crippen LogP contribution is -2.38. The van der Waals surface area contributed by atoms with Gasteiger partial charge < -0.3 is 24.7 Å². The van der Waals surface area contributed by atoms with Crippen molar-refractivity contribution in [3.63, 3.8) is 0 Å². The molecule has 2 heterocycles. The van der Waals surface area contributed by atoms with Crippen molar-refractivity contribution in [2.75, 3.05) is 39.5 Å². The summed E-state index contributed by atoms with van der Waals surface area (Å²) in [4.78, 5) is 9.05. The molecule has 0 aliphatic carbocycles. The molecule has 2 aromatic rings. The zero-order chi connectivity index (χ0) is 21.7. The molecule has 0 saturated carbocycles. The number of rotatable bonds is 11. The van der Waals surface area contributed by atoms with Crippen molar-refractivity contribution >= 4 is 5.96 Å². The van der Waals surface area contributed by atoms with Crippen LogP contribution in [0.2, 0.25) is 0 Å². The molecule has 1 aromatic carbocycles. The molecule has 0 atom stereocenters. The first kappa shape index (κ1) is 23.3. The van der Waals surface area contributed by atoms with Crippen molar-refractivity contribution < 1.29 is 9.47 Å². The number of benzene rings is 1. The van der Waals surface area contributed by atoms with Crippen LogP contribution in [0.15, 0.2) is 41.7 Å². The van der Waals surface area contributed by atoms with E-state index >= 15 is 0 Å². The van der Waals surface area contributed by atoms with Crippen LogP contribution in [0, 0.1) is 12.8 Å². The van der Waals surface area contributed by atoms with Crippen molar-refractivity contribution in [2.24, 2.45) is 10.9 Å². The number of hydrogen-bond acceptors (Lipinski definition) is 4. The Bertz CT molecular complexity index is 799. The summed E-state index contributed by atoms with van der Waals surface area (Å²) in [5, 5.41) is 6.74. The number of guanidine groups is 1. The van der Waals surface area contributed by atoms with E-state index in [1.807, 2.05) is 19.3 Å². The van der Waals surface area contributed by atoms with Gasteiger partial charge in [0.1, 0.15) is 5.82 Å². The maximum absolute atomic E-state index is 5.85. The molecule has 1 aliphatic heterocycles. The summed E-state index contributed by atoms with van der Waals surface area (Å²) in [5.41, 5.74) is 2.46. The van der Waals surface area contributed by atoms with E-state index in [1.54, 1.807) is 0 Å². The Morgan fingerprint density at radius 3 is 2.87 bits per heavy atom. The average Bonchev–Trinajstić information content (AvgIpc) is 3.19. The van der Waals surface area contributed by atoms with Gasteiger partial charge in [0.15, 0.2) is 5.96 Å². The molecule has 1 saturated heterocycles. The lowest BCUT2D eigenvalue weighted by atomic mass is 10.0. The summed E-state index contributed by atoms with van der Waals surface area (Å²) < 4.78 is 13.4. The minimum absolute atomic E-state index is 0.645. The molecule has 170 valence electrons. The van der Waals surface area contributed by atoms with E-state index in [0.717, 1.165) is 77.1 Å². The van der Waals surface area contributed by atoms with Gasteiger partial charge in [-0.3, -0.25) is 0 Å². The standard InChI is InChI=1S/C24H37N5O2/c1-3-25-24(27-10-5-13-31-19-21-8-14-30-15-9-21)28-17-22-6-4-7-23(16-22)18-29-12-11-26-20(29)2/h4,6-7,11-12,16,21H,3,5,8-10,13-15,17-19H2,1-2H3,(H2,25,27,28). The zero-order valence-electron chi connectivity index (χ0n) is 19.0. The predicted octanol–water partition coefficient (Wildman–Crippen LogP) is 3.13. The van der Waals surface area contributed by atoms with Crippen LogP contribution < -0.4 is 10.6 Å². The molecule has 0 bridgehead atoms. The molecule has 2 N–H and O–H groups in total. The first-order valence-corrected chi connectivity index (χ1v) is 11.5. The first-order chi connectivity index (χ1) is 15.2. The molecule has 1 aromatic heterocycles. The van der Waals surface area contributed by atoms with Crippen LogP contribution >= 0.6 is 0 Å². The number of ether oxygens (including phenoxy) is 2. The zero-order valence-corrected chi connectivity index (χ0v) is 19.0. The lowest BCUT2D eigenvalue weighted by Gasteiger charge is -2.21. The fourth-order valence-electron chi connectivity index (χ4n) is 3.65. The van der Waals surface area contributed by atoms with Gasteiger partial charge in [0.05, 0.1) is 6.54 Å². The second-order valence-electron chi connectivity index (χ2n) is 8.03. The first-order valence-electron chi connectivity index (χ1n) is 11.5. The van der Waals surface area contributed by atoms with Crippen molar-refractivity contribution in [3.05, 3.63) is 53.6 Å². The van der Waals surface area contributed by atoms with E-state index in [-0.39, 0.29) is 0 Å². The van der Waals surface area contributed by atoms with Gasteiger partial charge in [0.25, 0.3) is 0 Å². The Hall–Kier alpha value is -2.38. The van der Waals surface area contributed by atoms with E-state index < -0.39 is 0 Å². The second kappa shape index (κ2) is 13.1. The molecule has 0 unspecified atom stereocenters. The maximum atomic E-state index is 5.85. The third kappa shape index (κ3) is 8.34. The van der Waals surface area contributed by atoms with Crippen molar-refractivity contribution in [3.8, 4) is 0 Å². The van der Waals surface area contributed by atoms with E-state index in [2.05, 4.69) is 51.4 Å². The summed E-state index contributed by atoms with van der Waals surface area (Å²) in [6.45, 7) is 10.7. The summed E-state index contributed by atoms with van der Waals surface area (Å²) in [6.07, 6.45) is 7.07. The van der Waals surface area contributed by atoms with Crippen LogP contribution in [0.1, 0.15) is 43.1 Å². The number of nitrogens with zero attached hydrogens (tertiary/aromatic N) is 3. The highest BCUT2D eigenvalue weighted by Gasteiger charge is 2.13. The van der Waals surface area contributed by atoms with Gasteiger partial charge in [-0.15, -0.1) is 0 Å². The van der Waals surface area contributed by atoms with Crippen molar-refractivity contribution in [2.45, 2.75) is 46.2 Å². The molecule has 0 radical (unpaired) electrons. The van der Waals surface area contributed by atoms with Gasteiger partial charge in [-0.25, -0.2) is 9.98 Å². The molecular formula is C24H37N5O2.